The van der Waals surface area contributed by atoms with Crippen LogP contribution in [0.1, 0.15) is 25.0 Å². The van der Waals surface area contributed by atoms with Crippen LogP contribution in [0, 0.1) is 0 Å². The van der Waals surface area contributed by atoms with E-state index in [-0.39, 0.29) is 5.41 Å². The Hall–Kier alpha value is -8.40. The SMILES string of the molecule is CC1(C)c2cc(N(c3cccc(-c4ccccc4)c3)c3cc(N(c4ccccc4)c4ccccc4)cc(N(c4ccccc4)c4ccccc4)c3)ccc2-c2c(-c3ccccc3)cccc21. The fraction of sp³-hybridized carbons (Fsp3) is 0.0476. The first kappa shape index (κ1) is 40.4. The summed E-state index contributed by atoms with van der Waals surface area (Å²) in [7, 11) is 0. The van der Waals surface area contributed by atoms with Crippen LogP contribution >= 0.6 is 0 Å². The smallest absolute Gasteiger partial charge is 0.0503 e. The summed E-state index contributed by atoms with van der Waals surface area (Å²) in [4.78, 5) is 7.19. The van der Waals surface area contributed by atoms with E-state index in [1.807, 2.05) is 0 Å². The Bertz CT molecular complexity index is 3080. The minimum absolute atomic E-state index is 0.245. The summed E-state index contributed by atoms with van der Waals surface area (Å²) < 4.78 is 0. The summed E-state index contributed by atoms with van der Waals surface area (Å²) in [5, 5.41) is 0. The lowest BCUT2D eigenvalue weighted by molar-refractivity contribution is 0.660. The molecule has 0 amide bonds. The molecule has 10 aromatic carbocycles. The van der Waals surface area contributed by atoms with E-state index in [2.05, 4.69) is 289 Å². The van der Waals surface area contributed by atoms with Crippen LogP contribution in [0.15, 0.2) is 261 Å². The molecule has 0 saturated carbocycles. The standard InChI is InChI=1S/C63H49N3/c1-63(2)60-38-22-37-58(47-25-11-4-12-26-47)62(60)59-40-39-54(45-61(59)63)66(53-36-21-27-48(41-53)46-23-9-3-10-24-46)57-43-55(64(49-28-13-5-14-29-49)50-30-15-6-16-31-50)42-56(44-57)65(51-32-17-7-18-33-51)52-34-19-8-20-35-52/h3-45H,1-2H3. The maximum atomic E-state index is 2.46. The largest absolute Gasteiger partial charge is 0.310 e. The Morgan fingerprint density at radius 3 is 1.11 bits per heavy atom. The molecule has 3 nitrogen and oxygen atoms in total. The van der Waals surface area contributed by atoms with Crippen LogP contribution in [-0.2, 0) is 5.41 Å². The molecule has 0 aliphatic heterocycles. The second kappa shape index (κ2) is 17.3. The van der Waals surface area contributed by atoms with Gasteiger partial charge < -0.3 is 14.7 Å². The average molecular weight is 848 g/mol. The first-order valence-electron chi connectivity index (χ1n) is 22.8. The van der Waals surface area contributed by atoms with Gasteiger partial charge in [0.25, 0.3) is 0 Å². The van der Waals surface area contributed by atoms with Crippen molar-refractivity contribution in [3.05, 3.63) is 272 Å². The van der Waals surface area contributed by atoms with Crippen molar-refractivity contribution in [2.75, 3.05) is 14.7 Å². The Morgan fingerprint density at radius 2 is 0.621 bits per heavy atom. The number of fused-ring (bicyclic) bond motifs is 3. The van der Waals surface area contributed by atoms with Gasteiger partial charge in [-0.25, -0.2) is 0 Å². The average Bonchev–Trinajstić information content (AvgIpc) is 3.61. The van der Waals surface area contributed by atoms with Gasteiger partial charge >= 0.3 is 0 Å². The first-order chi connectivity index (χ1) is 32.5. The Kier molecular flexibility index (Phi) is 10.6. The highest BCUT2D eigenvalue weighted by Gasteiger charge is 2.37. The number of anilines is 9. The van der Waals surface area contributed by atoms with Gasteiger partial charge in [-0.05, 0) is 136 Å². The number of nitrogens with zero attached hydrogens (tertiary/aromatic N) is 3. The zero-order valence-corrected chi connectivity index (χ0v) is 37.2. The van der Waals surface area contributed by atoms with E-state index in [0.29, 0.717) is 0 Å². The van der Waals surface area contributed by atoms with Crippen molar-refractivity contribution < 1.29 is 0 Å². The molecule has 0 saturated heterocycles. The molecule has 0 atom stereocenters. The topological polar surface area (TPSA) is 9.72 Å². The highest BCUT2D eigenvalue weighted by Crippen LogP contribution is 2.54. The predicted molar refractivity (Wildman–Crippen MR) is 279 cm³/mol. The fourth-order valence-electron chi connectivity index (χ4n) is 9.85. The monoisotopic (exact) mass is 847 g/mol. The van der Waals surface area contributed by atoms with Crippen molar-refractivity contribution in [2.45, 2.75) is 19.3 Å². The van der Waals surface area contributed by atoms with Crippen LogP contribution < -0.4 is 14.7 Å². The molecule has 0 unspecified atom stereocenters. The van der Waals surface area contributed by atoms with Gasteiger partial charge in [0, 0.05) is 39.5 Å². The van der Waals surface area contributed by atoms with Crippen LogP contribution in [0.25, 0.3) is 33.4 Å². The highest BCUT2D eigenvalue weighted by molar-refractivity contribution is 5.95. The molecule has 0 spiro atoms. The number of para-hydroxylation sites is 4. The molecule has 10 aromatic rings. The van der Waals surface area contributed by atoms with Crippen molar-refractivity contribution in [1.29, 1.82) is 0 Å². The van der Waals surface area contributed by atoms with Gasteiger partial charge in [-0.15, -0.1) is 0 Å². The van der Waals surface area contributed by atoms with Crippen LogP contribution in [0.2, 0.25) is 0 Å². The normalized spacial score (nSPS) is 12.2. The summed E-state index contributed by atoms with van der Waals surface area (Å²) >= 11 is 0. The molecule has 0 bridgehead atoms. The van der Waals surface area contributed by atoms with Gasteiger partial charge in [-0.3, -0.25) is 0 Å². The molecule has 66 heavy (non-hydrogen) atoms. The maximum absolute atomic E-state index is 2.46. The van der Waals surface area contributed by atoms with E-state index >= 15 is 0 Å². The molecule has 3 heteroatoms. The highest BCUT2D eigenvalue weighted by atomic mass is 15.2. The lowest BCUT2D eigenvalue weighted by Gasteiger charge is -2.33. The van der Waals surface area contributed by atoms with E-state index in [4.69, 9.17) is 0 Å². The second-order valence-electron chi connectivity index (χ2n) is 17.4. The molecular formula is C63H49N3. The lowest BCUT2D eigenvalue weighted by atomic mass is 9.81. The molecule has 0 aromatic heterocycles. The predicted octanol–water partition coefficient (Wildman–Crippen LogP) is 17.7. The van der Waals surface area contributed by atoms with Gasteiger partial charge in [0.15, 0.2) is 0 Å². The van der Waals surface area contributed by atoms with Crippen molar-refractivity contribution in [3.63, 3.8) is 0 Å². The number of benzene rings is 10. The van der Waals surface area contributed by atoms with E-state index in [0.717, 1.165) is 56.7 Å². The van der Waals surface area contributed by atoms with Crippen molar-refractivity contribution in [2.24, 2.45) is 0 Å². The van der Waals surface area contributed by atoms with E-state index < -0.39 is 0 Å². The molecule has 0 heterocycles. The zero-order chi connectivity index (χ0) is 44.5. The maximum Gasteiger partial charge on any atom is 0.0503 e. The van der Waals surface area contributed by atoms with Crippen LogP contribution in [0.4, 0.5) is 51.2 Å². The van der Waals surface area contributed by atoms with E-state index in [1.54, 1.807) is 0 Å². The van der Waals surface area contributed by atoms with Crippen LogP contribution in [-0.4, -0.2) is 0 Å². The van der Waals surface area contributed by atoms with Gasteiger partial charge in [-0.2, -0.15) is 0 Å². The fourth-order valence-corrected chi connectivity index (χ4v) is 9.85. The molecule has 11 rings (SSSR count). The third-order valence-corrected chi connectivity index (χ3v) is 13.0. The summed E-state index contributed by atoms with van der Waals surface area (Å²) in [6.07, 6.45) is 0. The lowest BCUT2D eigenvalue weighted by Crippen LogP contribution is -2.18. The third kappa shape index (κ3) is 7.51. The minimum Gasteiger partial charge on any atom is -0.310 e. The molecule has 0 radical (unpaired) electrons. The summed E-state index contributed by atoms with van der Waals surface area (Å²) in [6.45, 7) is 4.76. The van der Waals surface area contributed by atoms with Crippen molar-refractivity contribution in [1.82, 2.24) is 0 Å². The third-order valence-electron chi connectivity index (χ3n) is 13.0. The minimum atomic E-state index is -0.245. The van der Waals surface area contributed by atoms with Gasteiger partial charge in [0.2, 0.25) is 0 Å². The summed E-state index contributed by atoms with van der Waals surface area (Å²) in [6, 6.07) is 94.3. The summed E-state index contributed by atoms with van der Waals surface area (Å²) in [5.74, 6) is 0. The summed E-state index contributed by atoms with van der Waals surface area (Å²) in [5.41, 5.74) is 19.4. The van der Waals surface area contributed by atoms with Gasteiger partial charge in [0.1, 0.15) is 0 Å². The zero-order valence-electron chi connectivity index (χ0n) is 37.2. The Morgan fingerprint density at radius 1 is 0.242 bits per heavy atom. The van der Waals surface area contributed by atoms with Crippen LogP contribution in [0.3, 0.4) is 0 Å². The Balaban J connectivity index is 1.18. The van der Waals surface area contributed by atoms with Crippen molar-refractivity contribution >= 4 is 51.2 Å². The van der Waals surface area contributed by atoms with E-state index in [9.17, 15) is 0 Å². The molecule has 316 valence electrons. The number of hydrogen-bond donors (Lipinski definition) is 0. The molecule has 1 aliphatic rings. The molecule has 0 fully saturated rings. The Labute approximate surface area is 388 Å². The van der Waals surface area contributed by atoms with Crippen molar-refractivity contribution in [3.8, 4) is 33.4 Å². The quantitative estimate of drug-likeness (QED) is 0.128. The van der Waals surface area contributed by atoms with Gasteiger partial charge in [-0.1, -0.05) is 184 Å². The van der Waals surface area contributed by atoms with Gasteiger partial charge in [0.05, 0.1) is 17.1 Å². The first-order valence-corrected chi connectivity index (χ1v) is 22.8. The molecule has 0 N–H and O–H groups in total. The molecule has 1 aliphatic carbocycles. The molecular weight excluding hydrogens is 799 g/mol. The van der Waals surface area contributed by atoms with Crippen LogP contribution in [0.5, 0.6) is 0 Å². The number of rotatable bonds is 11. The second-order valence-corrected chi connectivity index (χ2v) is 17.4. The van der Waals surface area contributed by atoms with E-state index in [1.165, 1.54) is 38.9 Å². The number of hydrogen-bond acceptors (Lipinski definition) is 3.